The first-order valence-corrected chi connectivity index (χ1v) is 10.9. The Morgan fingerprint density at radius 1 is 0.844 bits per heavy atom. The molecule has 0 unspecified atom stereocenters. The zero-order chi connectivity index (χ0) is 22.2. The molecule has 0 spiro atoms. The number of nitrogens with zero attached hydrogens (tertiary/aromatic N) is 4. The number of benzene rings is 3. The fraction of sp³-hybridized carbons (Fsp3) is 0.0417. The lowest BCUT2D eigenvalue weighted by Gasteiger charge is -2.14. The minimum Gasteiger partial charge on any atom is -0.320 e. The van der Waals surface area contributed by atoms with E-state index in [0.717, 1.165) is 5.56 Å². The molecule has 0 N–H and O–H groups in total. The highest BCUT2D eigenvalue weighted by atomic mass is 35.5. The minimum atomic E-state index is -0.258. The molecule has 2 heterocycles. The molecular formula is C24H15Cl3N4O. The molecule has 32 heavy (non-hydrogen) atoms. The van der Waals surface area contributed by atoms with Crippen LogP contribution in [0.5, 0.6) is 0 Å². The number of hydrogen-bond donors (Lipinski definition) is 0. The predicted molar refractivity (Wildman–Crippen MR) is 129 cm³/mol. The molecule has 0 saturated heterocycles. The van der Waals surface area contributed by atoms with Crippen molar-refractivity contribution in [3.8, 4) is 17.1 Å². The van der Waals surface area contributed by atoms with Gasteiger partial charge < -0.3 is 4.57 Å². The maximum absolute atomic E-state index is 13.8. The molecule has 3 aromatic carbocycles. The van der Waals surface area contributed by atoms with Gasteiger partial charge in [-0.15, -0.1) is 0 Å². The van der Waals surface area contributed by atoms with Crippen LogP contribution < -0.4 is 5.56 Å². The second kappa shape index (κ2) is 8.43. The number of imidazole rings is 1. The van der Waals surface area contributed by atoms with E-state index in [2.05, 4.69) is 4.98 Å². The van der Waals surface area contributed by atoms with Crippen LogP contribution in [0.1, 0.15) is 5.56 Å². The summed E-state index contributed by atoms with van der Waals surface area (Å²) < 4.78 is 3.33. The van der Waals surface area contributed by atoms with E-state index >= 15 is 0 Å². The Morgan fingerprint density at radius 2 is 1.56 bits per heavy atom. The molecule has 0 fully saturated rings. The Balaban J connectivity index is 1.79. The SMILES string of the molecule is O=c1c2c(ncn2Cc2ccccc2)nc(-c2ccc(Cl)cc2Cl)n1-c1ccc(Cl)cc1. The highest BCUT2D eigenvalue weighted by Gasteiger charge is 2.20. The molecular weight excluding hydrogens is 467 g/mol. The molecule has 0 bridgehead atoms. The van der Waals surface area contributed by atoms with Gasteiger partial charge >= 0.3 is 0 Å². The molecule has 0 aliphatic rings. The van der Waals surface area contributed by atoms with E-state index in [1.807, 2.05) is 30.3 Å². The fourth-order valence-corrected chi connectivity index (χ4v) is 4.22. The number of aromatic nitrogens is 4. The summed E-state index contributed by atoms with van der Waals surface area (Å²) in [6.45, 7) is 0.496. The first-order valence-electron chi connectivity index (χ1n) is 9.74. The van der Waals surface area contributed by atoms with Crippen molar-refractivity contribution >= 4 is 46.0 Å². The third-order valence-corrected chi connectivity index (χ3v) is 5.90. The molecule has 0 radical (unpaired) electrons. The molecule has 0 aliphatic carbocycles. The molecule has 0 aliphatic heterocycles. The van der Waals surface area contributed by atoms with Crippen molar-refractivity contribution in [3.05, 3.63) is 110 Å². The van der Waals surface area contributed by atoms with Gasteiger partial charge in [0.05, 0.1) is 17.0 Å². The summed E-state index contributed by atoms with van der Waals surface area (Å²) in [4.78, 5) is 23.0. The maximum Gasteiger partial charge on any atom is 0.284 e. The van der Waals surface area contributed by atoms with Crippen molar-refractivity contribution in [2.45, 2.75) is 6.54 Å². The summed E-state index contributed by atoms with van der Waals surface area (Å²) in [6.07, 6.45) is 1.63. The summed E-state index contributed by atoms with van der Waals surface area (Å²) in [7, 11) is 0. The molecule has 2 aromatic heterocycles. The van der Waals surface area contributed by atoms with Gasteiger partial charge in [-0.3, -0.25) is 9.36 Å². The summed E-state index contributed by atoms with van der Waals surface area (Å²) >= 11 is 18.6. The molecule has 5 aromatic rings. The van der Waals surface area contributed by atoms with Gasteiger partial charge in [0, 0.05) is 22.2 Å². The Bertz CT molecular complexity index is 1490. The Kier molecular flexibility index (Phi) is 5.47. The quantitative estimate of drug-likeness (QED) is 0.304. The molecule has 0 atom stereocenters. The fourth-order valence-electron chi connectivity index (χ4n) is 3.61. The normalized spacial score (nSPS) is 11.2. The average molecular weight is 482 g/mol. The Hall–Kier alpha value is -3.12. The predicted octanol–water partition coefficient (Wildman–Crippen LogP) is 6.26. The van der Waals surface area contributed by atoms with Gasteiger partial charge in [-0.25, -0.2) is 9.97 Å². The van der Waals surface area contributed by atoms with Crippen LogP contribution >= 0.6 is 34.8 Å². The summed E-state index contributed by atoms with van der Waals surface area (Å²) in [6, 6.07) is 21.9. The zero-order valence-electron chi connectivity index (χ0n) is 16.5. The van der Waals surface area contributed by atoms with Crippen LogP contribution in [0.25, 0.3) is 28.2 Å². The van der Waals surface area contributed by atoms with Gasteiger partial charge in [-0.05, 0) is 48.0 Å². The van der Waals surface area contributed by atoms with Gasteiger partial charge in [0.1, 0.15) is 0 Å². The van der Waals surface area contributed by atoms with Crippen molar-refractivity contribution in [2.75, 3.05) is 0 Å². The maximum atomic E-state index is 13.8. The van der Waals surface area contributed by atoms with E-state index in [-0.39, 0.29) is 5.56 Å². The highest BCUT2D eigenvalue weighted by Crippen LogP contribution is 2.31. The second-order valence-electron chi connectivity index (χ2n) is 7.21. The van der Waals surface area contributed by atoms with Crippen LogP contribution in [0.4, 0.5) is 0 Å². The summed E-state index contributed by atoms with van der Waals surface area (Å²) in [5, 5.41) is 1.44. The standard InChI is InChI=1S/C24H15Cl3N4O/c25-16-6-9-18(10-7-16)31-23(19-11-8-17(26)12-20(19)27)29-22-21(24(31)32)30(14-28-22)13-15-4-2-1-3-5-15/h1-12,14H,13H2. The average Bonchev–Trinajstić information content (AvgIpc) is 3.18. The van der Waals surface area contributed by atoms with E-state index < -0.39 is 0 Å². The van der Waals surface area contributed by atoms with E-state index in [9.17, 15) is 4.79 Å². The smallest absolute Gasteiger partial charge is 0.284 e. The van der Waals surface area contributed by atoms with Crippen molar-refractivity contribution < 1.29 is 0 Å². The van der Waals surface area contributed by atoms with E-state index in [0.29, 0.717) is 49.9 Å². The third kappa shape index (κ3) is 3.79. The summed E-state index contributed by atoms with van der Waals surface area (Å²) in [5.74, 6) is 0.372. The topological polar surface area (TPSA) is 52.7 Å². The molecule has 5 rings (SSSR count). The largest absolute Gasteiger partial charge is 0.320 e. The van der Waals surface area contributed by atoms with Crippen LogP contribution in [0.15, 0.2) is 83.9 Å². The van der Waals surface area contributed by atoms with Gasteiger partial charge in [0.15, 0.2) is 17.0 Å². The Morgan fingerprint density at radius 3 is 2.28 bits per heavy atom. The number of halogens is 3. The Labute approximate surface area is 198 Å². The molecule has 5 nitrogen and oxygen atoms in total. The van der Waals surface area contributed by atoms with Gasteiger partial charge in [-0.1, -0.05) is 65.1 Å². The highest BCUT2D eigenvalue weighted by molar-refractivity contribution is 6.36. The lowest BCUT2D eigenvalue weighted by atomic mass is 10.2. The number of rotatable bonds is 4. The van der Waals surface area contributed by atoms with Crippen LogP contribution in [0.3, 0.4) is 0 Å². The number of hydrogen-bond acceptors (Lipinski definition) is 3. The van der Waals surface area contributed by atoms with Crippen LogP contribution in [0, 0.1) is 0 Å². The van der Waals surface area contributed by atoms with Crippen molar-refractivity contribution in [1.29, 1.82) is 0 Å². The monoisotopic (exact) mass is 480 g/mol. The molecule has 8 heteroatoms. The molecule has 158 valence electrons. The van der Waals surface area contributed by atoms with Crippen molar-refractivity contribution in [1.82, 2.24) is 19.1 Å². The second-order valence-corrected chi connectivity index (χ2v) is 8.49. The third-order valence-electron chi connectivity index (χ3n) is 5.10. The summed E-state index contributed by atoms with van der Waals surface area (Å²) in [5.41, 5.74) is 2.72. The first kappa shape index (κ1) is 20.8. The van der Waals surface area contributed by atoms with Crippen LogP contribution in [-0.4, -0.2) is 19.1 Å². The lowest BCUT2D eigenvalue weighted by molar-refractivity contribution is 0.814. The molecule has 0 saturated carbocycles. The van der Waals surface area contributed by atoms with Crippen molar-refractivity contribution in [2.24, 2.45) is 0 Å². The lowest BCUT2D eigenvalue weighted by Crippen LogP contribution is -2.24. The van der Waals surface area contributed by atoms with Gasteiger partial charge in [-0.2, -0.15) is 0 Å². The van der Waals surface area contributed by atoms with E-state index in [1.54, 1.807) is 53.4 Å². The van der Waals surface area contributed by atoms with Crippen LogP contribution in [-0.2, 0) is 6.54 Å². The minimum absolute atomic E-state index is 0.258. The zero-order valence-corrected chi connectivity index (χ0v) is 18.8. The van der Waals surface area contributed by atoms with Crippen molar-refractivity contribution in [3.63, 3.8) is 0 Å². The van der Waals surface area contributed by atoms with Gasteiger partial charge in [0.2, 0.25) is 0 Å². The van der Waals surface area contributed by atoms with Crippen LogP contribution in [0.2, 0.25) is 15.1 Å². The first-order chi connectivity index (χ1) is 15.5. The van der Waals surface area contributed by atoms with E-state index in [1.165, 1.54) is 4.57 Å². The van der Waals surface area contributed by atoms with Gasteiger partial charge in [0.25, 0.3) is 5.56 Å². The number of fused-ring (bicyclic) bond motifs is 1. The molecule has 0 amide bonds. The van der Waals surface area contributed by atoms with E-state index in [4.69, 9.17) is 39.8 Å².